The number of allylic oxidation sites excluding steroid dienone is 1. The Hall–Kier alpha value is -1.38. The van der Waals surface area contributed by atoms with Gasteiger partial charge in [0, 0.05) is 12.3 Å². The summed E-state index contributed by atoms with van der Waals surface area (Å²) in [5.41, 5.74) is 0.0604. The molecule has 0 bridgehead atoms. The highest BCUT2D eigenvalue weighted by Gasteiger charge is 1.95. The van der Waals surface area contributed by atoms with Crippen molar-refractivity contribution in [3.05, 3.63) is 24.3 Å². The molecule has 3 nitrogen and oxygen atoms in total. The zero-order chi connectivity index (χ0) is 9.56. The first kappa shape index (κ1) is 10.6. The summed E-state index contributed by atoms with van der Waals surface area (Å²) in [7, 11) is 0. The summed E-state index contributed by atoms with van der Waals surface area (Å²) in [4.78, 5) is 14.2. The summed E-state index contributed by atoms with van der Waals surface area (Å²) in [6, 6.07) is 0.229. The van der Waals surface area contributed by atoms with Gasteiger partial charge in [-0.2, -0.15) is 0 Å². The van der Waals surface area contributed by atoms with Gasteiger partial charge in [-0.15, -0.1) is 0 Å². The van der Waals surface area contributed by atoms with Crippen LogP contribution in [-0.4, -0.2) is 23.3 Å². The maximum absolute atomic E-state index is 10.2. The number of aliphatic carboxylic acids is 1. The normalized spacial score (nSPS) is 11.6. The third-order valence-corrected chi connectivity index (χ3v) is 1.04. The summed E-state index contributed by atoms with van der Waals surface area (Å²) in [6.45, 7) is 7.20. The second kappa shape index (κ2) is 5.29. The Morgan fingerprint density at radius 1 is 1.58 bits per heavy atom. The van der Waals surface area contributed by atoms with Gasteiger partial charge in [0.1, 0.15) is 0 Å². The molecule has 0 fully saturated rings. The fourth-order valence-electron chi connectivity index (χ4n) is 0.452. The number of carboxylic acid groups (broad SMARTS) is 1. The molecule has 0 amide bonds. The van der Waals surface area contributed by atoms with Crippen molar-refractivity contribution < 1.29 is 9.90 Å². The molecular weight excluding hydrogens is 154 g/mol. The molecule has 0 unspecified atom stereocenters. The zero-order valence-corrected chi connectivity index (χ0v) is 7.32. The number of carbonyl (C=O) groups is 1. The average molecular weight is 167 g/mol. The van der Waals surface area contributed by atoms with E-state index in [1.54, 1.807) is 12.3 Å². The maximum Gasteiger partial charge on any atom is 0.335 e. The van der Waals surface area contributed by atoms with Gasteiger partial charge in [0.15, 0.2) is 0 Å². The summed E-state index contributed by atoms with van der Waals surface area (Å²) in [5.74, 6) is -1.01. The quantitative estimate of drug-likeness (QED) is 0.393. The Bertz CT molecular complexity index is 227. The second-order valence-electron chi connectivity index (χ2n) is 2.58. The van der Waals surface area contributed by atoms with Crippen molar-refractivity contribution in [2.24, 2.45) is 4.99 Å². The summed E-state index contributed by atoms with van der Waals surface area (Å²) >= 11 is 0. The minimum Gasteiger partial charge on any atom is -0.478 e. The van der Waals surface area contributed by atoms with Crippen LogP contribution in [0.1, 0.15) is 13.8 Å². The number of hydrogen-bond acceptors (Lipinski definition) is 2. The predicted molar refractivity (Wildman–Crippen MR) is 49.5 cm³/mol. The number of aliphatic imine (C=N–C) groups is 1. The fraction of sp³-hybridized carbons (Fsp3) is 0.333. The lowest BCUT2D eigenvalue weighted by Gasteiger charge is -1.90. The fourth-order valence-corrected chi connectivity index (χ4v) is 0.452. The molecule has 0 aliphatic heterocycles. The molecule has 0 heterocycles. The van der Waals surface area contributed by atoms with Crippen LogP contribution < -0.4 is 0 Å². The SMILES string of the molecule is C=C(/C=C\C=NC(C)C)C(=O)O. The third-order valence-electron chi connectivity index (χ3n) is 1.04. The number of nitrogens with zero attached hydrogens (tertiary/aromatic N) is 1. The number of hydrogen-bond donors (Lipinski definition) is 1. The van der Waals surface area contributed by atoms with E-state index in [9.17, 15) is 4.79 Å². The molecule has 0 atom stereocenters. The minimum atomic E-state index is -1.01. The Balaban J connectivity index is 3.92. The highest BCUT2D eigenvalue weighted by molar-refractivity contribution is 5.90. The van der Waals surface area contributed by atoms with Crippen LogP contribution in [0.4, 0.5) is 0 Å². The Morgan fingerprint density at radius 2 is 2.17 bits per heavy atom. The number of carboxylic acids is 1. The van der Waals surface area contributed by atoms with Gasteiger partial charge in [0.05, 0.1) is 5.57 Å². The van der Waals surface area contributed by atoms with Crippen LogP contribution in [0.25, 0.3) is 0 Å². The summed E-state index contributed by atoms with van der Waals surface area (Å²) in [5, 5.41) is 8.40. The van der Waals surface area contributed by atoms with Gasteiger partial charge in [-0.05, 0) is 26.0 Å². The van der Waals surface area contributed by atoms with Gasteiger partial charge in [0.2, 0.25) is 0 Å². The Kier molecular flexibility index (Phi) is 4.69. The standard InChI is InChI=1S/C9H13NO2/c1-7(2)10-6-4-5-8(3)9(11)12/h4-7H,3H2,1-2H3,(H,11,12)/b5-4-,10-6?. The zero-order valence-electron chi connectivity index (χ0n) is 7.32. The molecule has 0 rings (SSSR count). The van der Waals surface area contributed by atoms with Gasteiger partial charge in [-0.1, -0.05) is 6.58 Å². The van der Waals surface area contributed by atoms with E-state index >= 15 is 0 Å². The van der Waals surface area contributed by atoms with Crippen molar-refractivity contribution in [1.82, 2.24) is 0 Å². The summed E-state index contributed by atoms with van der Waals surface area (Å²) < 4.78 is 0. The molecule has 0 aromatic rings. The molecule has 3 heteroatoms. The molecule has 0 aromatic carbocycles. The van der Waals surface area contributed by atoms with Crippen LogP contribution in [0.3, 0.4) is 0 Å². The van der Waals surface area contributed by atoms with Crippen molar-refractivity contribution >= 4 is 12.2 Å². The lowest BCUT2D eigenvalue weighted by Crippen LogP contribution is -1.95. The van der Waals surface area contributed by atoms with Crippen LogP contribution in [0.15, 0.2) is 29.3 Å². The van der Waals surface area contributed by atoms with Crippen molar-refractivity contribution in [1.29, 1.82) is 0 Å². The number of rotatable bonds is 4. The molecule has 0 saturated carbocycles. The van der Waals surface area contributed by atoms with E-state index in [4.69, 9.17) is 5.11 Å². The third kappa shape index (κ3) is 5.41. The summed E-state index contributed by atoms with van der Waals surface area (Å²) in [6.07, 6.45) is 4.55. The van der Waals surface area contributed by atoms with Crippen molar-refractivity contribution in [3.8, 4) is 0 Å². The molecule has 0 radical (unpaired) electrons. The highest BCUT2D eigenvalue weighted by Crippen LogP contribution is 1.91. The van der Waals surface area contributed by atoms with Gasteiger partial charge >= 0.3 is 5.97 Å². The molecule has 0 aromatic heterocycles. The van der Waals surface area contributed by atoms with Crippen LogP contribution in [0.2, 0.25) is 0 Å². The van der Waals surface area contributed by atoms with Gasteiger partial charge in [-0.25, -0.2) is 4.79 Å². The Morgan fingerprint density at radius 3 is 2.58 bits per heavy atom. The van der Waals surface area contributed by atoms with E-state index in [2.05, 4.69) is 11.6 Å². The van der Waals surface area contributed by atoms with Crippen LogP contribution >= 0.6 is 0 Å². The first-order chi connectivity index (χ1) is 5.54. The van der Waals surface area contributed by atoms with E-state index in [0.29, 0.717) is 0 Å². The lowest BCUT2D eigenvalue weighted by atomic mass is 10.3. The largest absolute Gasteiger partial charge is 0.478 e. The molecule has 12 heavy (non-hydrogen) atoms. The first-order valence-electron chi connectivity index (χ1n) is 3.66. The van der Waals surface area contributed by atoms with E-state index in [1.165, 1.54) is 6.08 Å². The molecule has 0 aliphatic rings. The first-order valence-corrected chi connectivity index (χ1v) is 3.66. The molecule has 66 valence electrons. The van der Waals surface area contributed by atoms with E-state index < -0.39 is 5.97 Å². The minimum absolute atomic E-state index is 0.0604. The average Bonchev–Trinajstić information content (AvgIpc) is 1.97. The topological polar surface area (TPSA) is 49.7 Å². The predicted octanol–water partition coefficient (Wildman–Crippen LogP) is 1.66. The van der Waals surface area contributed by atoms with Gasteiger partial charge in [-0.3, -0.25) is 4.99 Å². The van der Waals surface area contributed by atoms with Crippen molar-refractivity contribution in [2.75, 3.05) is 0 Å². The second-order valence-corrected chi connectivity index (χ2v) is 2.58. The van der Waals surface area contributed by atoms with Gasteiger partial charge in [0.25, 0.3) is 0 Å². The smallest absolute Gasteiger partial charge is 0.335 e. The van der Waals surface area contributed by atoms with E-state index in [0.717, 1.165) is 0 Å². The monoisotopic (exact) mass is 167 g/mol. The van der Waals surface area contributed by atoms with E-state index in [-0.39, 0.29) is 11.6 Å². The molecule has 0 saturated heterocycles. The van der Waals surface area contributed by atoms with E-state index in [1.807, 2.05) is 13.8 Å². The lowest BCUT2D eigenvalue weighted by molar-refractivity contribution is -0.132. The van der Waals surface area contributed by atoms with Crippen molar-refractivity contribution in [2.45, 2.75) is 19.9 Å². The van der Waals surface area contributed by atoms with Crippen LogP contribution in [0, 0.1) is 0 Å². The maximum atomic E-state index is 10.2. The van der Waals surface area contributed by atoms with Gasteiger partial charge < -0.3 is 5.11 Å². The van der Waals surface area contributed by atoms with Crippen LogP contribution in [0.5, 0.6) is 0 Å². The highest BCUT2D eigenvalue weighted by atomic mass is 16.4. The van der Waals surface area contributed by atoms with Crippen molar-refractivity contribution in [3.63, 3.8) is 0 Å². The molecular formula is C9H13NO2. The molecule has 0 spiro atoms. The molecule has 1 N–H and O–H groups in total. The Labute approximate surface area is 72.1 Å². The van der Waals surface area contributed by atoms with Crippen LogP contribution in [-0.2, 0) is 4.79 Å². The molecule has 0 aliphatic carbocycles.